The molecule has 1 unspecified atom stereocenters. The third-order valence-electron chi connectivity index (χ3n) is 4.89. The van der Waals surface area contributed by atoms with Crippen molar-refractivity contribution in [1.82, 2.24) is 15.0 Å². The second-order valence-electron chi connectivity index (χ2n) is 6.94. The number of nitrogens with zero attached hydrogens (tertiary/aromatic N) is 4. The van der Waals surface area contributed by atoms with Crippen LogP contribution in [0.1, 0.15) is 6.92 Å². The summed E-state index contributed by atoms with van der Waals surface area (Å²) in [4.78, 5) is 18.6. The first-order valence-corrected chi connectivity index (χ1v) is 10.2. The number of fused-ring (bicyclic) bond motifs is 1. The van der Waals surface area contributed by atoms with E-state index in [9.17, 15) is 0 Å². The Labute approximate surface area is 167 Å². The molecule has 0 aliphatic carbocycles. The molecule has 0 bridgehead atoms. The fourth-order valence-electron chi connectivity index (χ4n) is 3.53. The van der Waals surface area contributed by atoms with Crippen LogP contribution in [-0.2, 0) is 4.74 Å². The van der Waals surface area contributed by atoms with E-state index in [1.165, 1.54) is 10.4 Å². The highest BCUT2D eigenvalue weighted by Gasteiger charge is 2.23. The van der Waals surface area contributed by atoms with Gasteiger partial charge in [-0.3, -0.25) is 4.98 Å². The summed E-state index contributed by atoms with van der Waals surface area (Å²) in [6.07, 6.45) is 3.77. The summed E-state index contributed by atoms with van der Waals surface area (Å²) in [7, 11) is 0. The van der Waals surface area contributed by atoms with E-state index >= 15 is 0 Å². The van der Waals surface area contributed by atoms with Crippen LogP contribution in [0.25, 0.3) is 32.0 Å². The Balaban J connectivity index is 1.69. The van der Waals surface area contributed by atoms with E-state index < -0.39 is 0 Å². The lowest BCUT2D eigenvalue weighted by atomic mass is 10.1. The zero-order chi connectivity index (χ0) is 18.9. The van der Waals surface area contributed by atoms with Crippen molar-refractivity contribution in [2.24, 2.45) is 0 Å². The van der Waals surface area contributed by atoms with E-state index in [-0.39, 0.29) is 6.10 Å². The number of thiophene rings is 1. The van der Waals surface area contributed by atoms with Gasteiger partial charge in [0.2, 0.25) is 0 Å². The Kier molecular flexibility index (Phi) is 4.50. The van der Waals surface area contributed by atoms with E-state index in [1.807, 2.05) is 24.4 Å². The van der Waals surface area contributed by atoms with Crippen LogP contribution in [0.4, 0.5) is 5.82 Å². The molecule has 0 N–H and O–H groups in total. The van der Waals surface area contributed by atoms with E-state index in [4.69, 9.17) is 14.7 Å². The predicted octanol–water partition coefficient (Wildman–Crippen LogP) is 4.65. The summed E-state index contributed by atoms with van der Waals surface area (Å²) in [5.74, 6) is 1.70. The standard InChI is InChI=1S/C22H20N4OS/c1-15-14-26(10-11-27-15)21-18-12-19(16-6-3-2-4-7-16)28-22(18)25-20(24-21)17-8-5-9-23-13-17/h2-9,12-13,15H,10-11,14H2,1H3. The smallest absolute Gasteiger partial charge is 0.164 e. The molecular weight excluding hydrogens is 368 g/mol. The topological polar surface area (TPSA) is 51.1 Å². The average Bonchev–Trinajstić information content (AvgIpc) is 3.18. The predicted molar refractivity (Wildman–Crippen MR) is 114 cm³/mol. The molecule has 1 aliphatic heterocycles. The first kappa shape index (κ1) is 17.3. The second-order valence-corrected chi connectivity index (χ2v) is 7.97. The number of aromatic nitrogens is 3. The van der Waals surface area contributed by atoms with Gasteiger partial charge in [-0.2, -0.15) is 0 Å². The summed E-state index contributed by atoms with van der Waals surface area (Å²) >= 11 is 1.71. The molecule has 0 saturated carbocycles. The summed E-state index contributed by atoms with van der Waals surface area (Å²) in [6.45, 7) is 4.48. The van der Waals surface area contributed by atoms with Gasteiger partial charge in [0.15, 0.2) is 5.82 Å². The van der Waals surface area contributed by atoms with E-state index in [0.29, 0.717) is 6.61 Å². The lowest BCUT2D eigenvalue weighted by molar-refractivity contribution is 0.0530. The Morgan fingerprint density at radius 1 is 1.07 bits per heavy atom. The number of benzene rings is 1. The quantitative estimate of drug-likeness (QED) is 0.511. The van der Waals surface area contributed by atoms with Crippen molar-refractivity contribution in [2.75, 3.05) is 24.6 Å². The van der Waals surface area contributed by atoms with Crippen LogP contribution in [-0.4, -0.2) is 40.8 Å². The van der Waals surface area contributed by atoms with E-state index in [2.05, 4.69) is 47.1 Å². The lowest BCUT2D eigenvalue weighted by Gasteiger charge is -2.32. The molecule has 1 aromatic carbocycles. The first-order chi connectivity index (χ1) is 13.8. The lowest BCUT2D eigenvalue weighted by Crippen LogP contribution is -2.41. The van der Waals surface area contributed by atoms with Gasteiger partial charge in [0.05, 0.1) is 18.1 Å². The van der Waals surface area contributed by atoms with Gasteiger partial charge >= 0.3 is 0 Å². The van der Waals surface area contributed by atoms with Crippen molar-refractivity contribution in [3.8, 4) is 21.8 Å². The molecule has 0 radical (unpaired) electrons. The SMILES string of the molecule is CC1CN(c2nc(-c3cccnc3)nc3sc(-c4ccccc4)cc23)CCO1. The first-order valence-electron chi connectivity index (χ1n) is 9.42. The van der Waals surface area contributed by atoms with Crippen LogP contribution in [0.2, 0.25) is 0 Å². The molecule has 4 heterocycles. The molecule has 0 spiro atoms. The number of pyridine rings is 1. The number of rotatable bonds is 3. The van der Waals surface area contributed by atoms with Crippen LogP contribution < -0.4 is 4.90 Å². The Bertz CT molecular complexity index is 1100. The van der Waals surface area contributed by atoms with Crippen molar-refractivity contribution in [2.45, 2.75) is 13.0 Å². The largest absolute Gasteiger partial charge is 0.375 e. The molecule has 3 aromatic heterocycles. The van der Waals surface area contributed by atoms with Gasteiger partial charge in [-0.15, -0.1) is 11.3 Å². The normalized spacial score (nSPS) is 17.2. The van der Waals surface area contributed by atoms with Crippen LogP contribution >= 0.6 is 11.3 Å². The van der Waals surface area contributed by atoms with Crippen LogP contribution in [0, 0.1) is 0 Å². The number of anilines is 1. The van der Waals surface area contributed by atoms with Gasteiger partial charge in [-0.05, 0) is 30.7 Å². The van der Waals surface area contributed by atoms with Gasteiger partial charge in [0.1, 0.15) is 10.6 Å². The molecule has 5 nitrogen and oxygen atoms in total. The minimum absolute atomic E-state index is 0.188. The van der Waals surface area contributed by atoms with Crippen molar-refractivity contribution >= 4 is 27.4 Å². The third-order valence-corrected chi connectivity index (χ3v) is 5.97. The monoisotopic (exact) mass is 388 g/mol. The summed E-state index contributed by atoms with van der Waals surface area (Å²) in [5.41, 5.74) is 2.14. The number of hydrogen-bond acceptors (Lipinski definition) is 6. The Morgan fingerprint density at radius 2 is 1.93 bits per heavy atom. The molecule has 6 heteroatoms. The highest BCUT2D eigenvalue weighted by atomic mass is 32.1. The second kappa shape index (κ2) is 7.30. The molecule has 1 fully saturated rings. The maximum atomic E-state index is 5.74. The zero-order valence-corrected chi connectivity index (χ0v) is 16.4. The molecular formula is C22H20N4OS. The maximum Gasteiger partial charge on any atom is 0.164 e. The minimum Gasteiger partial charge on any atom is -0.375 e. The Morgan fingerprint density at radius 3 is 2.71 bits per heavy atom. The fourth-order valence-corrected chi connectivity index (χ4v) is 4.56. The third kappa shape index (κ3) is 3.25. The molecule has 140 valence electrons. The van der Waals surface area contributed by atoms with E-state index in [0.717, 1.165) is 40.5 Å². The van der Waals surface area contributed by atoms with E-state index in [1.54, 1.807) is 17.5 Å². The van der Waals surface area contributed by atoms with Crippen molar-refractivity contribution < 1.29 is 4.74 Å². The van der Waals surface area contributed by atoms with Gasteiger partial charge in [0.25, 0.3) is 0 Å². The minimum atomic E-state index is 0.188. The van der Waals surface area contributed by atoms with Gasteiger partial charge in [0, 0.05) is 35.9 Å². The van der Waals surface area contributed by atoms with Crippen LogP contribution in [0.5, 0.6) is 0 Å². The fraction of sp³-hybridized carbons (Fsp3) is 0.227. The molecule has 0 amide bonds. The molecule has 1 atom stereocenters. The van der Waals surface area contributed by atoms with Gasteiger partial charge < -0.3 is 9.64 Å². The van der Waals surface area contributed by atoms with Gasteiger partial charge in [-0.25, -0.2) is 9.97 Å². The van der Waals surface area contributed by atoms with Crippen LogP contribution in [0.15, 0.2) is 60.9 Å². The van der Waals surface area contributed by atoms with Crippen molar-refractivity contribution in [1.29, 1.82) is 0 Å². The zero-order valence-electron chi connectivity index (χ0n) is 15.6. The summed E-state index contributed by atoms with van der Waals surface area (Å²) in [5, 5.41) is 1.10. The molecule has 1 saturated heterocycles. The molecule has 4 aromatic rings. The summed E-state index contributed by atoms with van der Waals surface area (Å²) < 4.78 is 5.74. The number of hydrogen-bond donors (Lipinski definition) is 0. The molecule has 28 heavy (non-hydrogen) atoms. The highest BCUT2D eigenvalue weighted by Crippen LogP contribution is 2.38. The van der Waals surface area contributed by atoms with Crippen LogP contribution in [0.3, 0.4) is 0 Å². The number of morpholine rings is 1. The van der Waals surface area contributed by atoms with Crippen molar-refractivity contribution in [3.05, 3.63) is 60.9 Å². The van der Waals surface area contributed by atoms with Gasteiger partial charge in [-0.1, -0.05) is 30.3 Å². The summed E-state index contributed by atoms with van der Waals surface area (Å²) in [6, 6.07) is 16.6. The Hall–Kier alpha value is -2.83. The maximum absolute atomic E-state index is 5.74. The molecule has 1 aliphatic rings. The molecule has 5 rings (SSSR count). The number of ether oxygens (including phenoxy) is 1. The average molecular weight is 388 g/mol. The highest BCUT2D eigenvalue weighted by molar-refractivity contribution is 7.22. The van der Waals surface area contributed by atoms with Crippen molar-refractivity contribution in [3.63, 3.8) is 0 Å².